The Balaban J connectivity index is 1.80. The summed E-state index contributed by atoms with van der Waals surface area (Å²) in [6, 6.07) is 17.0. The molecule has 0 amide bonds. The molecule has 2 aromatic carbocycles. The SMILES string of the molecule is CC1=NN(c2ccccc2)C(O)C1/N=N/c1cccc([N+](C)(C)C)c1. The molecule has 1 aliphatic rings. The van der Waals surface area contributed by atoms with Crippen molar-refractivity contribution in [3.63, 3.8) is 0 Å². The van der Waals surface area contributed by atoms with E-state index in [2.05, 4.69) is 42.5 Å². The summed E-state index contributed by atoms with van der Waals surface area (Å²) in [6.07, 6.45) is -0.854. The molecule has 0 radical (unpaired) electrons. The molecule has 0 saturated carbocycles. The number of azo groups is 1. The molecule has 6 nitrogen and oxygen atoms in total. The fraction of sp³-hybridized carbons (Fsp3) is 0.316. The van der Waals surface area contributed by atoms with Gasteiger partial charge in [-0.3, -0.25) is 4.48 Å². The molecule has 1 N–H and O–H groups in total. The number of nitrogens with zero attached hydrogens (tertiary/aromatic N) is 5. The highest BCUT2D eigenvalue weighted by atomic mass is 16.3. The third-order valence-corrected chi connectivity index (χ3v) is 4.15. The van der Waals surface area contributed by atoms with Crippen molar-refractivity contribution in [2.24, 2.45) is 15.3 Å². The fourth-order valence-electron chi connectivity index (χ4n) is 2.67. The van der Waals surface area contributed by atoms with Crippen molar-refractivity contribution in [2.45, 2.75) is 19.2 Å². The molecule has 0 aliphatic carbocycles. The minimum Gasteiger partial charge on any atom is -0.369 e. The second-order valence-electron chi connectivity index (χ2n) is 7.03. The number of benzene rings is 2. The minimum atomic E-state index is -0.854. The number of aliphatic hydroxyl groups is 1. The Morgan fingerprint density at radius 1 is 1.04 bits per heavy atom. The summed E-state index contributed by atoms with van der Waals surface area (Å²) < 4.78 is 0.706. The van der Waals surface area contributed by atoms with Gasteiger partial charge in [-0.15, -0.1) is 0 Å². The third-order valence-electron chi connectivity index (χ3n) is 4.15. The van der Waals surface area contributed by atoms with Crippen molar-refractivity contribution in [1.29, 1.82) is 0 Å². The molecular weight excluding hydrogens is 314 g/mol. The molecule has 6 heteroatoms. The van der Waals surface area contributed by atoms with Crippen LogP contribution >= 0.6 is 0 Å². The Morgan fingerprint density at radius 2 is 1.76 bits per heavy atom. The molecule has 0 aromatic heterocycles. The van der Waals surface area contributed by atoms with Gasteiger partial charge >= 0.3 is 0 Å². The van der Waals surface area contributed by atoms with Gasteiger partial charge in [0.25, 0.3) is 0 Å². The molecule has 0 saturated heterocycles. The van der Waals surface area contributed by atoms with Crippen molar-refractivity contribution in [3.8, 4) is 0 Å². The maximum atomic E-state index is 10.6. The smallest absolute Gasteiger partial charge is 0.177 e. The van der Waals surface area contributed by atoms with E-state index in [0.717, 1.165) is 22.8 Å². The van der Waals surface area contributed by atoms with E-state index in [-0.39, 0.29) is 0 Å². The van der Waals surface area contributed by atoms with E-state index in [9.17, 15) is 5.11 Å². The number of hydrazone groups is 1. The van der Waals surface area contributed by atoms with Crippen LogP contribution in [0.2, 0.25) is 0 Å². The molecule has 2 aromatic rings. The van der Waals surface area contributed by atoms with Crippen molar-refractivity contribution in [3.05, 3.63) is 54.6 Å². The van der Waals surface area contributed by atoms with E-state index in [1.807, 2.05) is 55.5 Å². The molecular formula is C19H24N5O+. The average Bonchev–Trinajstić information content (AvgIpc) is 2.88. The van der Waals surface area contributed by atoms with E-state index in [0.29, 0.717) is 4.48 Å². The van der Waals surface area contributed by atoms with Crippen LogP contribution in [0, 0.1) is 0 Å². The summed E-state index contributed by atoms with van der Waals surface area (Å²) in [5, 5.41) is 25.3. The zero-order valence-electron chi connectivity index (χ0n) is 15.0. The zero-order valence-corrected chi connectivity index (χ0v) is 15.0. The van der Waals surface area contributed by atoms with Gasteiger partial charge in [0.1, 0.15) is 5.69 Å². The minimum absolute atomic E-state index is 0.479. The van der Waals surface area contributed by atoms with E-state index in [1.54, 1.807) is 5.01 Å². The number of para-hydroxylation sites is 1. The van der Waals surface area contributed by atoms with E-state index in [1.165, 1.54) is 0 Å². The van der Waals surface area contributed by atoms with Gasteiger partial charge < -0.3 is 5.11 Å². The summed E-state index contributed by atoms with van der Waals surface area (Å²) in [5.74, 6) is 0. The van der Waals surface area contributed by atoms with Crippen LogP contribution in [0.4, 0.5) is 17.1 Å². The topological polar surface area (TPSA) is 60.5 Å². The van der Waals surface area contributed by atoms with Gasteiger partial charge in [0.2, 0.25) is 0 Å². The van der Waals surface area contributed by atoms with Crippen molar-refractivity contribution >= 4 is 22.8 Å². The van der Waals surface area contributed by atoms with Gasteiger partial charge in [-0.25, -0.2) is 5.01 Å². The maximum Gasteiger partial charge on any atom is 0.177 e. The fourth-order valence-corrected chi connectivity index (χ4v) is 2.67. The number of hydrogen-bond donors (Lipinski definition) is 1. The van der Waals surface area contributed by atoms with E-state index < -0.39 is 12.3 Å². The summed E-state index contributed by atoms with van der Waals surface area (Å²) in [5.41, 5.74) is 3.48. The number of aliphatic hydroxyl groups excluding tert-OH is 1. The first kappa shape index (κ1) is 17.3. The Kier molecular flexibility index (Phi) is 4.65. The zero-order chi connectivity index (χ0) is 18.0. The van der Waals surface area contributed by atoms with Crippen LogP contribution in [0.25, 0.3) is 0 Å². The second kappa shape index (κ2) is 6.74. The molecule has 0 fully saturated rings. The Bertz CT molecular complexity index is 795. The lowest BCUT2D eigenvalue weighted by molar-refractivity contribution is 0.170. The van der Waals surface area contributed by atoms with Crippen molar-refractivity contribution < 1.29 is 5.11 Å². The number of anilines is 1. The predicted octanol–water partition coefficient (Wildman–Crippen LogP) is 3.55. The Labute approximate surface area is 148 Å². The second-order valence-corrected chi connectivity index (χ2v) is 7.03. The molecule has 1 aliphatic heterocycles. The normalized spacial score (nSPS) is 21.0. The largest absolute Gasteiger partial charge is 0.369 e. The summed E-state index contributed by atoms with van der Waals surface area (Å²) in [7, 11) is 6.31. The van der Waals surface area contributed by atoms with Gasteiger partial charge in [-0.05, 0) is 31.2 Å². The first-order valence-corrected chi connectivity index (χ1v) is 8.26. The van der Waals surface area contributed by atoms with Crippen molar-refractivity contribution in [2.75, 3.05) is 26.2 Å². The molecule has 25 heavy (non-hydrogen) atoms. The summed E-state index contributed by atoms with van der Waals surface area (Å²) >= 11 is 0. The lowest BCUT2D eigenvalue weighted by Gasteiger charge is -2.23. The highest BCUT2D eigenvalue weighted by molar-refractivity contribution is 5.91. The number of quaternary nitrogens is 1. The van der Waals surface area contributed by atoms with E-state index >= 15 is 0 Å². The van der Waals surface area contributed by atoms with E-state index in [4.69, 9.17) is 0 Å². The van der Waals surface area contributed by atoms with Gasteiger partial charge in [-0.2, -0.15) is 15.3 Å². The van der Waals surface area contributed by atoms with Crippen LogP contribution < -0.4 is 9.49 Å². The van der Waals surface area contributed by atoms with Crippen LogP contribution in [-0.2, 0) is 0 Å². The van der Waals surface area contributed by atoms with Crippen LogP contribution in [0.15, 0.2) is 69.9 Å². The summed E-state index contributed by atoms with van der Waals surface area (Å²) in [6.45, 7) is 1.86. The monoisotopic (exact) mass is 338 g/mol. The lowest BCUT2D eigenvalue weighted by atomic mass is 10.2. The molecule has 1 heterocycles. The number of hydrogen-bond acceptors (Lipinski definition) is 5. The van der Waals surface area contributed by atoms with Gasteiger partial charge in [0.05, 0.1) is 38.2 Å². The lowest BCUT2D eigenvalue weighted by Crippen LogP contribution is -2.35. The number of rotatable bonds is 4. The highest BCUT2D eigenvalue weighted by Gasteiger charge is 2.34. The maximum absolute atomic E-state index is 10.6. The highest BCUT2D eigenvalue weighted by Crippen LogP contribution is 2.27. The van der Waals surface area contributed by atoms with Gasteiger partial charge in [-0.1, -0.05) is 24.3 Å². The molecule has 2 atom stereocenters. The first-order chi connectivity index (χ1) is 11.9. The first-order valence-electron chi connectivity index (χ1n) is 8.26. The van der Waals surface area contributed by atoms with Crippen LogP contribution in [0.1, 0.15) is 6.92 Å². The van der Waals surface area contributed by atoms with Gasteiger partial charge in [0, 0.05) is 6.07 Å². The molecule has 130 valence electrons. The van der Waals surface area contributed by atoms with Crippen LogP contribution in [0.5, 0.6) is 0 Å². The Morgan fingerprint density at radius 3 is 2.44 bits per heavy atom. The predicted molar refractivity (Wildman–Crippen MR) is 102 cm³/mol. The molecule has 3 rings (SSSR count). The van der Waals surface area contributed by atoms with Crippen LogP contribution in [-0.4, -0.2) is 44.2 Å². The molecule has 2 unspecified atom stereocenters. The van der Waals surface area contributed by atoms with Crippen LogP contribution in [0.3, 0.4) is 0 Å². The third kappa shape index (κ3) is 3.75. The summed E-state index contributed by atoms with van der Waals surface area (Å²) in [4.78, 5) is 0. The average molecular weight is 338 g/mol. The van der Waals surface area contributed by atoms with Gasteiger partial charge in [0.15, 0.2) is 12.3 Å². The standard InChI is InChI=1S/C19H24N5O/c1-14-18(19(25)23(22-14)16-10-6-5-7-11-16)21-20-15-9-8-12-17(13-15)24(2,3)4/h5-13,18-19,25H,1-4H3/q+1/b21-20+. The molecule has 0 spiro atoms. The quantitative estimate of drug-likeness (QED) is 0.684. The Hall–Kier alpha value is -2.57. The van der Waals surface area contributed by atoms with Crippen molar-refractivity contribution in [1.82, 2.24) is 4.48 Å². The molecule has 0 bridgehead atoms.